The average Bonchev–Trinajstić information content (AvgIpc) is 3.60. The van der Waals surface area contributed by atoms with Crippen LogP contribution in [0.2, 0.25) is 10.0 Å². The first-order chi connectivity index (χ1) is 19.1. The van der Waals surface area contributed by atoms with Crippen molar-refractivity contribution in [3.05, 3.63) is 86.2 Å². The number of hydrogen-bond donors (Lipinski definition) is 2. The highest BCUT2D eigenvalue weighted by Crippen LogP contribution is 2.44. The number of thioether (sulfide) groups is 1. The molecule has 6 rings (SSSR count). The molecule has 14 heteroatoms. The number of ether oxygens (including phenoxy) is 2. The second kappa shape index (κ2) is 10.1. The van der Waals surface area contributed by atoms with Gasteiger partial charge in [0.1, 0.15) is 0 Å². The van der Waals surface area contributed by atoms with Crippen LogP contribution in [0, 0.1) is 0 Å². The Morgan fingerprint density at radius 1 is 0.925 bits per heavy atom. The Balaban J connectivity index is 1.35. The Bertz CT molecular complexity index is 1780. The van der Waals surface area contributed by atoms with Gasteiger partial charge in [0.05, 0.1) is 37.7 Å². The topological polar surface area (TPSA) is 131 Å². The number of imide groups is 1. The third-order valence-electron chi connectivity index (χ3n) is 6.37. The van der Waals surface area contributed by atoms with Crippen LogP contribution in [-0.4, -0.2) is 32.3 Å². The molecule has 3 heterocycles. The molecule has 0 unspecified atom stereocenters. The summed E-state index contributed by atoms with van der Waals surface area (Å²) < 4.78 is 39.7. The largest absolute Gasteiger partial charge is 0.454 e. The molecule has 40 heavy (non-hydrogen) atoms. The quantitative estimate of drug-likeness (QED) is 0.388. The lowest BCUT2D eigenvalue weighted by Gasteiger charge is -2.18. The summed E-state index contributed by atoms with van der Waals surface area (Å²) in [5.74, 6) is -0.188. The molecular formula is C26H17Cl2N3O7S2. The summed E-state index contributed by atoms with van der Waals surface area (Å²) in [6, 6.07) is 14.2. The molecule has 2 N–H and O–H groups in total. The molecule has 0 bridgehead atoms. The molecule has 3 aromatic carbocycles. The first-order valence-electron chi connectivity index (χ1n) is 11.7. The van der Waals surface area contributed by atoms with E-state index in [1.54, 1.807) is 36.4 Å². The summed E-state index contributed by atoms with van der Waals surface area (Å²) in [5, 5.41) is 2.17. The van der Waals surface area contributed by atoms with Crippen molar-refractivity contribution in [2.24, 2.45) is 0 Å². The van der Waals surface area contributed by atoms with E-state index in [0.29, 0.717) is 50.1 Å². The Morgan fingerprint density at radius 2 is 1.70 bits per heavy atom. The fraction of sp³-hybridized carbons (Fsp3) is 0.115. The fourth-order valence-electron chi connectivity index (χ4n) is 4.47. The minimum atomic E-state index is -4.05. The maximum atomic E-state index is 13.6. The molecule has 1 fully saturated rings. The van der Waals surface area contributed by atoms with Crippen molar-refractivity contribution < 1.29 is 32.3 Å². The zero-order valence-corrected chi connectivity index (χ0v) is 23.3. The number of nitrogens with one attached hydrogen (secondary N) is 2. The van der Waals surface area contributed by atoms with Gasteiger partial charge >= 0.3 is 0 Å². The Morgan fingerprint density at radius 3 is 2.45 bits per heavy atom. The molecule has 3 aliphatic rings. The van der Waals surface area contributed by atoms with Gasteiger partial charge in [0.15, 0.2) is 11.5 Å². The van der Waals surface area contributed by atoms with Gasteiger partial charge in [-0.05, 0) is 65.4 Å². The normalized spacial score (nSPS) is 17.9. The number of benzene rings is 3. The van der Waals surface area contributed by atoms with Crippen molar-refractivity contribution in [2.75, 3.05) is 11.7 Å². The van der Waals surface area contributed by atoms with Crippen LogP contribution in [0.1, 0.15) is 16.7 Å². The van der Waals surface area contributed by atoms with Gasteiger partial charge in [-0.1, -0.05) is 35.3 Å². The first kappa shape index (κ1) is 26.7. The standard InChI is InChI=1S/C26H17Cl2N3O7S2/c27-17-4-1-14(7-18(17)28)11-31-19-5-3-15(9-16(19)22(25(31)33)23-24(32)30-26(34)39-23)40(35,36)29-10-13-2-6-20-21(8-13)38-12-37-20/h1-9,29H,10-12H2,(H,30,32,34)/b23-22-. The second-order valence-corrected chi connectivity index (χ2v) is 12.4. The molecule has 3 aliphatic heterocycles. The van der Waals surface area contributed by atoms with Crippen molar-refractivity contribution in [2.45, 2.75) is 18.0 Å². The summed E-state index contributed by atoms with van der Waals surface area (Å²) >= 11 is 12.8. The number of halogens is 2. The number of carbonyl (C=O) groups is 3. The summed E-state index contributed by atoms with van der Waals surface area (Å²) in [6.07, 6.45) is 0. The van der Waals surface area contributed by atoms with Crippen molar-refractivity contribution in [3.8, 4) is 11.5 Å². The number of hydrogen-bond acceptors (Lipinski definition) is 8. The SMILES string of the molecule is O=C1NC(=O)/C(=C2/C(=O)N(Cc3ccc(Cl)c(Cl)c3)c3ccc(S(=O)(=O)NCc4ccc5c(c4)OCO5)cc32)S1. The van der Waals surface area contributed by atoms with Gasteiger partial charge in [0.25, 0.3) is 17.1 Å². The molecule has 0 spiro atoms. The Labute approximate surface area is 242 Å². The van der Waals surface area contributed by atoms with Gasteiger partial charge < -0.3 is 14.4 Å². The number of rotatable bonds is 6. The van der Waals surface area contributed by atoms with Crippen molar-refractivity contribution >= 4 is 73.3 Å². The lowest BCUT2D eigenvalue weighted by molar-refractivity contribution is -0.116. The lowest BCUT2D eigenvalue weighted by Crippen LogP contribution is -2.26. The third-order valence-corrected chi connectivity index (χ3v) is 9.39. The Hall–Kier alpha value is -3.55. The number of anilines is 1. The van der Waals surface area contributed by atoms with E-state index < -0.39 is 27.1 Å². The van der Waals surface area contributed by atoms with Crippen LogP contribution in [0.15, 0.2) is 64.4 Å². The number of amides is 3. The van der Waals surface area contributed by atoms with Crippen molar-refractivity contribution in [1.29, 1.82) is 0 Å². The molecule has 0 radical (unpaired) electrons. The minimum absolute atomic E-state index is 0.0286. The molecule has 0 aromatic heterocycles. The summed E-state index contributed by atoms with van der Waals surface area (Å²) in [7, 11) is -4.05. The molecular weight excluding hydrogens is 601 g/mol. The van der Waals surface area contributed by atoms with Crippen molar-refractivity contribution in [1.82, 2.24) is 10.0 Å². The number of carbonyl (C=O) groups excluding carboxylic acids is 3. The van der Waals surface area contributed by atoms with Crippen LogP contribution in [-0.2, 0) is 32.7 Å². The van der Waals surface area contributed by atoms with Crippen LogP contribution in [0.5, 0.6) is 11.5 Å². The van der Waals surface area contributed by atoms with E-state index in [2.05, 4.69) is 10.0 Å². The van der Waals surface area contributed by atoms with E-state index in [9.17, 15) is 22.8 Å². The van der Waals surface area contributed by atoms with E-state index in [1.165, 1.54) is 23.1 Å². The molecule has 0 atom stereocenters. The highest BCUT2D eigenvalue weighted by atomic mass is 35.5. The number of nitrogens with zero attached hydrogens (tertiary/aromatic N) is 1. The average molecular weight is 618 g/mol. The molecule has 0 aliphatic carbocycles. The Kier molecular flexibility index (Phi) is 6.75. The maximum Gasteiger partial charge on any atom is 0.290 e. The molecule has 0 saturated carbocycles. The van der Waals surface area contributed by atoms with Crippen LogP contribution in [0.25, 0.3) is 5.57 Å². The van der Waals surface area contributed by atoms with Crippen LogP contribution in [0.3, 0.4) is 0 Å². The third kappa shape index (κ3) is 4.82. The van der Waals surface area contributed by atoms with E-state index in [-0.39, 0.29) is 40.8 Å². The maximum absolute atomic E-state index is 13.6. The van der Waals surface area contributed by atoms with Gasteiger partial charge in [-0.3, -0.25) is 19.7 Å². The monoisotopic (exact) mass is 617 g/mol. The zero-order valence-electron chi connectivity index (χ0n) is 20.2. The van der Waals surface area contributed by atoms with Crippen LogP contribution >= 0.6 is 35.0 Å². The van der Waals surface area contributed by atoms with E-state index >= 15 is 0 Å². The smallest absolute Gasteiger partial charge is 0.290 e. The molecule has 10 nitrogen and oxygen atoms in total. The summed E-state index contributed by atoms with van der Waals surface area (Å²) in [5.41, 5.74) is 1.83. The highest BCUT2D eigenvalue weighted by molar-refractivity contribution is 8.18. The highest BCUT2D eigenvalue weighted by Gasteiger charge is 2.40. The number of sulfonamides is 1. The molecule has 3 amide bonds. The fourth-order valence-corrected chi connectivity index (χ4v) is 6.60. The summed E-state index contributed by atoms with van der Waals surface area (Å²) in [6.45, 7) is 0.132. The second-order valence-electron chi connectivity index (χ2n) is 8.88. The van der Waals surface area contributed by atoms with E-state index in [0.717, 1.165) is 0 Å². The van der Waals surface area contributed by atoms with E-state index in [1.807, 2.05) is 0 Å². The van der Waals surface area contributed by atoms with Gasteiger partial charge in [-0.2, -0.15) is 0 Å². The summed E-state index contributed by atoms with van der Waals surface area (Å²) in [4.78, 5) is 39.3. The predicted molar refractivity (Wildman–Crippen MR) is 149 cm³/mol. The molecule has 1 saturated heterocycles. The molecule has 3 aromatic rings. The molecule has 204 valence electrons. The van der Waals surface area contributed by atoms with E-state index in [4.69, 9.17) is 32.7 Å². The van der Waals surface area contributed by atoms with Gasteiger partial charge in [-0.25, -0.2) is 13.1 Å². The van der Waals surface area contributed by atoms with Gasteiger partial charge in [0.2, 0.25) is 16.8 Å². The predicted octanol–water partition coefficient (Wildman–Crippen LogP) is 4.44. The zero-order chi connectivity index (χ0) is 28.2. The lowest BCUT2D eigenvalue weighted by atomic mass is 10.1. The minimum Gasteiger partial charge on any atom is -0.454 e. The van der Waals surface area contributed by atoms with Crippen molar-refractivity contribution in [3.63, 3.8) is 0 Å². The first-order valence-corrected chi connectivity index (χ1v) is 14.7. The number of fused-ring (bicyclic) bond motifs is 2. The van der Waals surface area contributed by atoms with Gasteiger partial charge in [-0.15, -0.1) is 0 Å². The van der Waals surface area contributed by atoms with Gasteiger partial charge in [0, 0.05) is 12.1 Å². The van der Waals surface area contributed by atoms with Crippen LogP contribution < -0.4 is 24.4 Å². The van der Waals surface area contributed by atoms with Crippen LogP contribution in [0.4, 0.5) is 10.5 Å².